The topological polar surface area (TPSA) is 106 Å². The normalized spacial score (nSPS) is 10.9. The molecule has 0 fully saturated rings. The van der Waals surface area contributed by atoms with Gasteiger partial charge in [0.25, 0.3) is 11.8 Å². The van der Waals surface area contributed by atoms with Gasteiger partial charge in [0.15, 0.2) is 0 Å². The van der Waals surface area contributed by atoms with Gasteiger partial charge < -0.3 is 0 Å². The van der Waals surface area contributed by atoms with E-state index in [0.29, 0.717) is 33.1 Å². The number of nitrogens with one attached hydrogen (secondary N) is 2. The minimum Gasteiger partial charge on any atom is -0.287 e. The largest absolute Gasteiger partial charge is 0.287 e. The van der Waals surface area contributed by atoms with E-state index in [0.717, 1.165) is 11.1 Å². The van der Waals surface area contributed by atoms with Crippen LogP contribution in [0.2, 0.25) is 0 Å². The van der Waals surface area contributed by atoms with Gasteiger partial charge in [0.2, 0.25) is 5.43 Å². The number of rotatable bonds is 4. The summed E-state index contributed by atoms with van der Waals surface area (Å²) in [5.74, 6) is -0.959. The van der Waals surface area contributed by atoms with Crippen molar-refractivity contribution in [3.05, 3.63) is 106 Å². The number of aryl methyl sites for hydroxylation is 1. The van der Waals surface area contributed by atoms with E-state index in [1.54, 1.807) is 30.3 Å². The first-order chi connectivity index (χ1) is 17.0. The lowest BCUT2D eigenvalue weighted by Crippen LogP contribution is -2.43. The van der Waals surface area contributed by atoms with Crippen LogP contribution >= 0.6 is 0 Å². The maximum atomic E-state index is 13.1. The number of nitrogens with zero attached hydrogens (tertiary/aromatic N) is 3. The molecule has 2 amide bonds. The van der Waals surface area contributed by atoms with Crippen LogP contribution in [-0.4, -0.2) is 26.6 Å². The minimum absolute atomic E-state index is 0.174. The molecule has 0 saturated heterocycles. The summed E-state index contributed by atoms with van der Waals surface area (Å²) in [7, 11) is 0. The molecular weight excluding hydrogens is 442 g/mol. The van der Waals surface area contributed by atoms with Crippen LogP contribution in [0.15, 0.2) is 89.9 Å². The Balaban J connectivity index is 1.38. The first-order valence-corrected chi connectivity index (χ1v) is 11.0. The summed E-state index contributed by atoms with van der Waals surface area (Å²) >= 11 is 0. The van der Waals surface area contributed by atoms with Crippen LogP contribution in [-0.2, 0) is 11.3 Å². The molecule has 0 spiro atoms. The Labute approximate surface area is 200 Å². The number of aromatic nitrogens is 3. The van der Waals surface area contributed by atoms with E-state index in [1.165, 1.54) is 10.9 Å². The van der Waals surface area contributed by atoms with Crippen molar-refractivity contribution in [2.24, 2.45) is 0 Å². The Morgan fingerprint density at radius 2 is 1.60 bits per heavy atom. The van der Waals surface area contributed by atoms with E-state index < -0.39 is 11.8 Å². The summed E-state index contributed by atoms with van der Waals surface area (Å²) in [5.41, 5.74) is 8.97. The summed E-state index contributed by atoms with van der Waals surface area (Å²) in [5, 5.41) is 5.18. The second-order valence-electron chi connectivity index (χ2n) is 8.12. The van der Waals surface area contributed by atoms with Crippen molar-refractivity contribution in [3.63, 3.8) is 0 Å². The molecule has 5 rings (SSSR count). The fourth-order valence-electron chi connectivity index (χ4n) is 3.89. The van der Waals surface area contributed by atoms with Gasteiger partial charge in [-0.1, -0.05) is 60.2 Å². The summed E-state index contributed by atoms with van der Waals surface area (Å²) in [4.78, 5) is 42.4. The van der Waals surface area contributed by atoms with Crippen molar-refractivity contribution in [1.82, 2.24) is 25.6 Å². The number of hydrazine groups is 1. The molecule has 5 aromatic rings. The van der Waals surface area contributed by atoms with Crippen LogP contribution in [0.4, 0.5) is 0 Å². The summed E-state index contributed by atoms with van der Waals surface area (Å²) in [6.07, 6.45) is 1.17. The lowest BCUT2D eigenvalue weighted by Gasteiger charge is -2.13. The molecule has 3 aromatic carbocycles. The third-order valence-corrected chi connectivity index (χ3v) is 5.68. The summed E-state index contributed by atoms with van der Waals surface area (Å²) in [6.45, 7) is 1.83. The maximum Gasteiger partial charge on any atom is 0.270 e. The molecule has 0 unspecified atom stereocenters. The monoisotopic (exact) mass is 463 g/mol. The van der Waals surface area contributed by atoms with Crippen molar-refractivity contribution in [3.8, 4) is 11.3 Å². The maximum absolute atomic E-state index is 13.1. The Morgan fingerprint density at radius 1 is 0.886 bits per heavy atom. The van der Waals surface area contributed by atoms with Crippen molar-refractivity contribution in [2.75, 3.05) is 0 Å². The highest BCUT2D eigenvalue weighted by Crippen LogP contribution is 2.25. The molecule has 2 N–H and O–H groups in total. The van der Waals surface area contributed by atoms with E-state index >= 15 is 0 Å². The Bertz CT molecular complexity index is 1640. The van der Waals surface area contributed by atoms with Gasteiger partial charge in [-0.15, -0.1) is 0 Å². The Hall–Kier alpha value is -4.85. The second-order valence-corrected chi connectivity index (χ2v) is 8.12. The van der Waals surface area contributed by atoms with Gasteiger partial charge in [-0.05, 0) is 31.2 Å². The van der Waals surface area contributed by atoms with Gasteiger partial charge in [0.05, 0.1) is 28.5 Å². The zero-order valence-electron chi connectivity index (χ0n) is 18.9. The fraction of sp³-hybridized carbons (Fsp3) is 0.0741. The third-order valence-electron chi connectivity index (χ3n) is 5.68. The number of para-hydroxylation sites is 2. The lowest BCUT2D eigenvalue weighted by atomic mass is 10.0. The van der Waals surface area contributed by atoms with E-state index in [1.807, 2.05) is 55.5 Å². The fourth-order valence-corrected chi connectivity index (χ4v) is 3.89. The zero-order valence-corrected chi connectivity index (χ0v) is 18.9. The molecule has 172 valence electrons. The van der Waals surface area contributed by atoms with Crippen LogP contribution in [0.3, 0.4) is 0 Å². The molecule has 0 bridgehead atoms. The third kappa shape index (κ3) is 4.49. The predicted molar refractivity (Wildman–Crippen MR) is 134 cm³/mol. The van der Waals surface area contributed by atoms with E-state index in [9.17, 15) is 14.4 Å². The Morgan fingerprint density at radius 3 is 2.40 bits per heavy atom. The first-order valence-electron chi connectivity index (χ1n) is 11.0. The van der Waals surface area contributed by atoms with E-state index in [4.69, 9.17) is 4.98 Å². The average molecular weight is 463 g/mol. The lowest BCUT2D eigenvalue weighted by molar-refractivity contribution is -0.122. The van der Waals surface area contributed by atoms with Crippen LogP contribution in [0.1, 0.15) is 15.9 Å². The number of amides is 2. The molecule has 8 nitrogen and oxygen atoms in total. The number of hydrogen-bond donors (Lipinski definition) is 2. The number of benzene rings is 3. The van der Waals surface area contributed by atoms with Crippen molar-refractivity contribution < 1.29 is 9.59 Å². The highest BCUT2D eigenvalue weighted by atomic mass is 16.2. The first kappa shape index (κ1) is 22.0. The molecule has 35 heavy (non-hydrogen) atoms. The standard InChI is InChI=1S/C27H21N5O3/c1-17-10-12-18(13-11-17)23-14-21(19-6-2-4-8-22(19)29-23)27(35)31-30-26(34)16-32-24-9-5-3-7-20(24)25(33)15-28-32/h2-15H,16H2,1H3,(H,30,34)(H,31,35). The number of hydrogen-bond acceptors (Lipinski definition) is 5. The number of fused-ring (bicyclic) bond motifs is 2. The van der Waals surface area contributed by atoms with Crippen LogP contribution in [0.5, 0.6) is 0 Å². The van der Waals surface area contributed by atoms with E-state index in [2.05, 4.69) is 16.0 Å². The molecule has 2 aromatic heterocycles. The van der Waals surface area contributed by atoms with Gasteiger partial charge in [0.1, 0.15) is 6.54 Å². The van der Waals surface area contributed by atoms with Crippen molar-refractivity contribution >= 4 is 33.6 Å². The van der Waals surface area contributed by atoms with Crippen molar-refractivity contribution in [2.45, 2.75) is 13.5 Å². The molecule has 0 aliphatic heterocycles. The average Bonchev–Trinajstić information content (AvgIpc) is 2.89. The van der Waals surface area contributed by atoms with Crippen LogP contribution in [0.25, 0.3) is 33.1 Å². The molecule has 8 heteroatoms. The predicted octanol–water partition coefficient (Wildman–Crippen LogP) is 3.38. The number of carbonyl (C=O) groups excluding carboxylic acids is 2. The molecule has 0 aliphatic rings. The molecule has 2 heterocycles. The molecule has 0 saturated carbocycles. The number of carbonyl (C=O) groups is 2. The molecule has 0 aliphatic carbocycles. The summed E-state index contributed by atoms with van der Waals surface area (Å²) < 4.78 is 1.41. The summed E-state index contributed by atoms with van der Waals surface area (Å²) in [6, 6.07) is 23.9. The van der Waals surface area contributed by atoms with Gasteiger partial charge in [-0.25, -0.2) is 4.98 Å². The quantitative estimate of drug-likeness (QED) is 0.398. The molecule has 0 radical (unpaired) electrons. The van der Waals surface area contributed by atoms with Gasteiger partial charge >= 0.3 is 0 Å². The minimum atomic E-state index is -0.489. The highest BCUT2D eigenvalue weighted by molar-refractivity contribution is 6.07. The molecule has 0 atom stereocenters. The smallest absolute Gasteiger partial charge is 0.270 e. The van der Waals surface area contributed by atoms with Gasteiger partial charge in [0, 0.05) is 16.3 Å². The van der Waals surface area contributed by atoms with Crippen LogP contribution in [0, 0.1) is 6.92 Å². The second kappa shape index (κ2) is 9.18. The highest BCUT2D eigenvalue weighted by Gasteiger charge is 2.15. The number of pyridine rings is 1. The van der Waals surface area contributed by atoms with Gasteiger partial charge in [-0.3, -0.25) is 29.9 Å². The Kier molecular flexibility index (Phi) is 5.76. The van der Waals surface area contributed by atoms with Crippen LogP contribution < -0.4 is 16.3 Å². The van der Waals surface area contributed by atoms with E-state index in [-0.39, 0.29) is 12.0 Å². The SMILES string of the molecule is Cc1ccc(-c2cc(C(=O)NNC(=O)Cn3ncc(=O)c4ccccc43)c3ccccc3n2)cc1. The van der Waals surface area contributed by atoms with Gasteiger partial charge in [-0.2, -0.15) is 5.10 Å². The van der Waals surface area contributed by atoms with Crippen molar-refractivity contribution in [1.29, 1.82) is 0 Å². The zero-order chi connectivity index (χ0) is 24.4. The molecular formula is C27H21N5O3.